The molecule has 4 nitrogen and oxygen atoms in total. The molecule has 0 bridgehead atoms. The van der Waals surface area contributed by atoms with Gasteiger partial charge >= 0.3 is 0 Å². The molecule has 2 unspecified atom stereocenters. The Bertz CT molecular complexity index is 318. The molecule has 1 saturated carbocycles. The summed E-state index contributed by atoms with van der Waals surface area (Å²) >= 11 is 1.71. The van der Waals surface area contributed by atoms with Crippen molar-refractivity contribution in [2.24, 2.45) is 5.92 Å². The first-order valence-corrected chi connectivity index (χ1v) is 7.68. The van der Waals surface area contributed by atoms with Crippen LogP contribution in [0.2, 0.25) is 0 Å². The van der Waals surface area contributed by atoms with Gasteiger partial charge in [-0.05, 0) is 31.4 Å². The number of hydrogen-bond donors (Lipinski definition) is 1. The maximum atomic E-state index is 12.3. The van der Waals surface area contributed by atoms with E-state index in [0.717, 1.165) is 18.6 Å². The second-order valence-electron chi connectivity index (χ2n) is 4.77. The molecule has 2 amide bonds. The van der Waals surface area contributed by atoms with Gasteiger partial charge in [0.05, 0.1) is 0 Å². The van der Waals surface area contributed by atoms with E-state index in [-0.39, 0.29) is 23.9 Å². The number of rotatable bonds is 5. The Kier molecular flexibility index (Phi) is 3.97. The summed E-state index contributed by atoms with van der Waals surface area (Å²) in [5, 5.41) is 2.90. The van der Waals surface area contributed by atoms with Crippen LogP contribution in [0.3, 0.4) is 0 Å². The summed E-state index contributed by atoms with van der Waals surface area (Å²) < 4.78 is 0. The summed E-state index contributed by atoms with van der Waals surface area (Å²) in [5.41, 5.74) is 0. The van der Waals surface area contributed by atoms with Crippen LogP contribution >= 0.6 is 11.8 Å². The van der Waals surface area contributed by atoms with Crippen molar-refractivity contribution in [3.63, 3.8) is 0 Å². The molecule has 2 rings (SSSR count). The zero-order valence-electron chi connectivity index (χ0n) is 10.4. The van der Waals surface area contributed by atoms with Crippen molar-refractivity contribution >= 4 is 23.6 Å². The minimum Gasteiger partial charge on any atom is -0.342 e. The topological polar surface area (TPSA) is 49.4 Å². The number of piperazine rings is 1. The minimum atomic E-state index is -0.260. The van der Waals surface area contributed by atoms with E-state index in [0.29, 0.717) is 18.9 Å². The SMILES string of the molecule is CCC1C(=O)NC(C2CC2)C(=O)N1CCSC. The second-order valence-corrected chi connectivity index (χ2v) is 5.76. The molecule has 1 N–H and O–H groups in total. The minimum absolute atomic E-state index is 0.0325. The molecule has 2 fully saturated rings. The van der Waals surface area contributed by atoms with Gasteiger partial charge in [0.1, 0.15) is 12.1 Å². The van der Waals surface area contributed by atoms with Gasteiger partial charge in [0.25, 0.3) is 0 Å². The molecule has 1 saturated heterocycles. The van der Waals surface area contributed by atoms with Gasteiger partial charge in [0.15, 0.2) is 0 Å². The van der Waals surface area contributed by atoms with Crippen LogP contribution in [0.5, 0.6) is 0 Å². The van der Waals surface area contributed by atoms with E-state index in [1.54, 1.807) is 16.7 Å². The van der Waals surface area contributed by atoms with E-state index < -0.39 is 0 Å². The number of carbonyl (C=O) groups is 2. The van der Waals surface area contributed by atoms with E-state index in [2.05, 4.69) is 5.32 Å². The van der Waals surface area contributed by atoms with Gasteiger partial charge in [0, 0.05) is 12.3 Å². The van der Waals surface area contributed by atoms with E-state index in [9.17, 15) is 9.59 Å². The fourth-order valence-corrected chi connectivity index (χ4v) is 2.77. The number of carbonyl (C=O) groups excluding carboxylic acids is 2. The molecule has 0 spiro atoms. The Labute approximate surface area is 106 Å². The molecule has 17 heavy (non-hydrogen) atoms. The quantitative estimate of drug-likeness (QED) is 0.794. The van der Waals surface area contributed by atoms with Gasteiger partial charge in [0.2, 0.25) is 11.8 Å². The van der Waals surface area contributed by atoms with E-state index in [1.165, 1.54) is 0 Å². The van der Waals surface area contributed by atoms with Crippen LogP contribution in [0.25, 0.3) is 0 Å². The number of nitrogens with zero attached hydrogens (tertiary/aromatic N) is 1. The highest BCUT2D eigenvalue weighted by molar-refractivity contribution is 7.98. The smallest absolute Gasteiger partial charge is 0.246 e. The fourth-order valence-electron chi connectivity index (χ4n) is 2.40. The first-order valence-electron chi connectivity index (χ1n) is 6.28. The highest BCUT2D eigenvalue weighted by Crippen LogP contribution is 2.35. The Morgan fingerprint density at radius 1 is 1.41 bits per heavy atom. The average molecular weight is 256 g/mol. The molecule has 1 aliphatic carbocycles. The van der Waals surface area contributed by atoms with E-state index in [4.69, 9.17) is 0 Å². The lowest BCUT2D eigenvalue weighted by Crippen LogP contribution is -2.64. The van der Waals surface area contributed by atoms with Crippen molar-refractivity contribution in [2.45, 2.75) is 38.3 Å². The maximum Gasteiger partial charge on any atom is 0.246 e. The number of amides is 2. The van der Waals surface area contributed by atoms with Gasteiger partial charge in [-0.2, -0.15) is 11.8 Å². The third-order valence-electron chi connectivity index (χ3n) is 3.54. The molecule has 1 heterocycles. The molecular weight excluding hydrogens is 236 g/mol. The Morgan fingerprint density at radius 2 is 2.12 bits per heavy atom. The molecule has 0 aromatic carbocycles. The molecule has 2 atom stereocenters. The maximum absolute atomic E-state index is 12.3. The van der Waals surface area contributed by atoms with Crippen LogP contribution in [-0.2, 0) is 9.59 Å². The average Bonchev–Trinajstić information content (AvgIpc) is 3.13. The third kappa shape index (κ3) is 2.59. The summed E-state index contributed by atoms with van der Waals surface area (Å²) in [6.07, 6.45) is 4.87. The first-order chi connectivity index (χ1) is 8.19. The van der Waals surface area contributed by atoms with Crippen LogP contribution in [-0.4, -0.2) is 47.4 Å². The Hall–Kier alpha value is -0.710. The fraction of sp³-hybridized carbons (Fsp3) is 0.833. The summed E-state index contributed by atoms with van der Waals surface area (Å²) in [6.45, 7) is 2.65. The molecular formula is C12H20N2O2S. The molecule has 1 aliphatic heterocycles. The number of nitrogens with one attached hydrogen (secondary N) is 1. The van der Waals surface area contributed by atoms with Gasteiger partial charge in [-0.25, -0.2) is 0 Å². The van der Waals surface area contributed by atoms with Crippen LogP contribution in [0, 0.1) is 5.92 Å². The van der Waals surface area contributed by atoms with Crippen molar-refractivity contribution < 1.29 is 9.59 Å². The molecule has 0 aromatic rings. The number of thioether (sulfide) groups is 1. The lowest BCUT2D eigenvalue weighted by Gasteiger charge is -2.38. The second kappa shape index (κ2) is 5.29. The van der Waals surface area contributed by atoms with Gasteiger partial charge in [-0.15, -0.1) is 0 Å². The molecule has 96 valence electrons. The van der Waals surface area contributed by atoms with Crippen molar-refractivity contribution in [1.82, 2.24) is 10.2 Å². The van der Waals surface area contributed by atoms with Crippen LogP contribution in [0.15, 0.2) is 0 Å². The van der Waals surface area contributed by atoms with Crippen LogP contribution < -0.4 is 5.32 Å². The Balaban J connectivity index is 2.09. The third-order valence-corrected chi connectivity index (χ3v) is 4.13. The van der Waals surface area contributed by atoms with Crippen LogP contribution in [0.1, 0.15) is 26.2 Å². The highest BCUT2D eigenvalue weighted by Gasteiger charge is 2.45. The van der Waals surface area contributed by atoms with Crippen molar-refractivity contribution in [1.29, 1.82) is 0 Å². The van der Waals surface area contributed by atoms with Crippen LogP contribution in [0.4, 0.5) is 0 Å². The van der Waals surface area contributed by atoms with Gasteiger partial charge in [-0.3, -0.25) is 9.59 Å². The zero-order valence-corrected chi connectivity index (χ0v) is 11.3. The number of hydrogen-bond acceptors (Lipinski definition) is 3. The summed E-state index contributed by atoms with van der Waals surface area (Å²) in [6, 6.07) is -0.503. The van der Waals surface area contributed by atoms with Crippen molar-refractivity contribution in [3.05, 3.63) is 0 Å². The van der Waals surface area contributed by atoms with Gasteiger partial charge < -0.3 is 10.2 Å². The molecule has 0 radical (unpaired) electrons. The van der Waals surface area contributed by atoms with E-state index in [1.807, 2.05) is 13.2 Å². The normalized spacial score (nSPS) is 29.4. The van der Waals surface area contributed by atoms with E-state index >= 15 is 0 Å². The first kappa shape index (κ1) is 12.7. The lowest BCUT2D eigenvalue weighted by molar-refractivity contribution is -0.149. The summed E-state index contributed by atoms with van der Waals surface area (Å²) in [7, 11) is 0. The monoisotopic (exact) mass is 256 g/mol. The standard InChI is InChI=1S/C12H20N2O2S/c1-3-9-11(15)13-10(8-4-5-8)12(16)14(9)6-7-17-2/h8-10H,3-7H2,1-2H3,(H,13,15). The van der Waals surface area contributed by atoms with Gasteiger partial charge in [-0.1, -0.05) is 6.92 Å². The molecule has 5 heteroatoms. The van der Waals surface area contributed by atoms with Crippen molar-refractivity contribution in [2.75, 3.05) is 18.6 Å². The zero-order chi connectivity index (χ0) is 12.4. The summed E-state index contributed by atoms with van der Waals surface area (Å²) in [4.78, 5) is 26.1. The largest absolute Gasteiger partial charge is 0.342 e. The lowest BCUT2D eigenvalue weighted by atomic mass is 10.0. The highest BCUT2D eigenvalue weighted by atomic mass is 32.2. The predicted molar refractivity (Wildman–Crippen MR) is 68.8 cm³/mol. The predicted octanol–water partition coefficient (Wildman–Crippen LogP) is 0.865. The van der Waals surface area contributed by atoms with Crippen molar-refractivity contribution in [3.8, 4) is 0 Å². The molecule has 2 aliphatic rings. The summed E-state index contributed by atoms with van der Waals surface area (Å²) in [5.74, 6) is 1.45. The Morgan fingerprint density at radius 3 is 2.65 bits per heavy atom. The molecule has 0 aromatic heterocycles.